The Labute approximate surface area is 122 Å². The molecule has 2 rings (SSSR count). The van der Waals surface area contributed by atoms with Crippen molar-refractivity contribution in [2.45, 2.75) is 31.8 Å². The van der Waals surface area contributed by atoms with Gasteiger partial charge in [0.15, 0.2) is 0 Å². The van der Waals surface area contributed by atoms with Gasteiger partial charge >= 0.3 is 6.03 Å². The van der Waals surface area contributed by atoms with Crippen LogP contribution >= 0.6 is 15.9 Å². The van der Waals surface area contributed by atoms with Gasteiger partial charge in [0.1, 0.15) is 0 Å². The zero-order chi connectivity index (χ0) is 13.7. The maximum absolute atomic E-state index is 11.9. The Balaban J connectivity index is 1.86. The first-order valence-corrected chi connectivity index (χ1v) is 7.48. The SMILES string of the molecule is C[C@H](NC(=O)NC1CCNCC1)c1ccccc1Br. The molecule has 19 heavy (non-hydrogen) atoms. The van der Waals surface area contributed by atoms with Crippen LogP contribution < -0.4 is 16.0 Å². The molecule has 3 N–H and O–H groups in total. The van der Waals surface area contributed by atoms with Crippen LogP contribution in [0.2, 0.25) is 0 Å². The van der Waals surface area contributed by atoms with Crippen molar-refractivity contribution in [3.63, 3.8) is 0 Å². The molecule has 1 fully saturated rings. The van der Waals surface area contributed by atoms with Crippen LogP contribution in [0, 0.1) is 0 Å². The van der Waals surface area contributed by atoms with Crippen molar-refractivity contribution >= 4 is 22.0 Å². The summed E-state index contributed by atoms with van der Waals surface area (Å²) in [6, 6.07) is 8.12. The summed E-state index contributed by atoms with van der Waals surface area (Å²) in [5, 5.41) is 9.30. The molecule has 0 radical (unpaired) electrons. The molecule has 0 bridgehead atoms. The molecule has 0 aromatic heterocycles. The largest absolute Gasteiger partial charge is 0.335 e. The van der Waals surface area contributed by atoms with Crippen molar-refractivity contribution in [3.8, 4) is 0 Å². The van der Waals surface area contributed by atoms with Crippen LogP contribution in [-0.2, 0) is 0 Å². The lowest BCUT2D eigenvalue weighted by Gasteiger charge is -2.25. The first kappa shape index (κ1) is 14.3. The van der Waals surface area contributed by atoms with Gasteiger partial charge in [-0.2, -0.15) is 0 Å². The molecule has 1 aromatic carbocycles. The number of amides is 2. The van der Waals surface area contributed by atoms with E-state index in [1.807, 2.05) is 31.2 Å². The molecular formula is C14H20BrN3O. The van der Waals surface area contributed by atoms with Gasteiger partial charge in [0.05, 0.1) is 6.04 Å². The van der Waals surface area contributed by atoms with Crippen molar-refractivity contribution in [3.05, 3.63) is 34.3 Å². The van der Waals surface area contributed by atoms with Crippen LogP contribution in [0.5, 0.6) is 0 Å². The summed E-state index contributed by atoms with van der Waals surface area (Å²) >= 11 is 3.51. The number of hydrogen-bond donors (Lipinski definition) is 3. The maximum Gasteiger partial charge on any atom is 0.315 e. The van der Waals surface area contributed by atoms with Gasteiger partial charge in [0.2, 0.25) is 0 Å². The third-order valence-electron chi connectivity index (χ3n) is 3.39. The predicted octanol–water partition coefficient (Wildman–Crippen LogP) is 2.56. The van der Waals surface area contributed by atoms with Crippen molar-refractivity contribution in [1.82, 2.24) is 16.0 Å². The molecular weight excluding hydrogens is 306 g/mol. The number of hydrogen-bond acceptors (Lipinski definition) is 2. The van der Waals surface area contributed by atoms with Gasteiger partial charge < -0.3 is 16.0 Å². The number of urea groups is 1. The zero-order valence-electron chi connectivity index (χ0n) is 11.1. The summed E-state index contributed by atoms with van der Waals surface area (Å²) < 4.78 is 1.02. The summed E-state index contributed by atoms with van der Waals surface area (Å²) in [5.74, 6) is 0. The number of halogens is 1. The molecule has 4 nitrogen and oxygen atoms in total. The van der Waals surface area contributed by atoms with Crippen molar-refractivity contribution < 1.29 is 4.79 Å². The van der Waals surface area contributed by atoms with E-state index >= 15 is 0 Å². The van der Waals surface area contributed by atoms with Crippen LogP contribution in [-0.4, -0.2) is 25.2 Å². The van der Waals surface area contributed by atoms with E-state index in [0.29, 0.717) is 0 Å². The number of carbonyl (C=O) groups is 1. The third kappa shape index (κ3) is 4.21. The molecule has 0 unspecified atom stereocenters. The van der Waals surface area contributed by atoms with Gasteiger partial charge in [-0.3, -0.25) is 0 Å². The van der Waals surface area contributed by atoms with E-state index in [1.165, 1.54) is 0 Å². The molecule has 1 heterocycles. The molecule has 104 valence electrons. The Hall–Kier alpha value is -1.07. The van der Waals surface area contributed by atoms with E-state index in [9.17, 15) is 4.79 Å². The lowest BCUT2D eigenvalue weighted by atomic mass is 10.1. The van der Waals surface area contributed by atoms with Crippen molar-refractivity contribution in [2.75, 3.05) is 13.1 Å². The van der Waals surface area contributed by atoms with Crippen LogP contribution in [0.15, 0.2) is 28.7 Å². The maximum atomic E-state index is 11.9. The van der Waals surface area contributed by atoms with Crippen LogP contribution in [0.1, 0.15) is 31.4 Å². The molecule has 2 amide bonds. The Morgan fingerprint density at radius 1 is 1.37 bits per heavy atom. The topological polar surface area (TPSA) is 53.2 Å². The minimum Gasteiger partial charge on any atom is -0.335 e. The monoisotopic (exact) mass is 325 g/mol. The van der Waals surface area contributed by atoms with Gasteiger partial charge in [-0.05, 0) is 44.5 Å². The highest BCUT2D eigenvalue weighted by atomic mass is 79.9. The van der Waals surface area contributed by atoms with E-state index in [-0.39, 0.29) is 18.1 Å². The minimum atomic E-state index is -0.0878. The molecule has 0 spiro atoms. The third-order valence-corrected chi connectivity index (χ3v) is 4.12. The fourth-order valence-corrected chi connectivity index (χ4v) is 2.92. The summed E-state index contributed by atoms with van der Waals surface area (Å²) in [6.45, 7) is 3.94. The Morgan fingerprint density at radius 2 is 2.05 bits per heavy atom. The summed E-state index contributed by atoms with van der Waals surface area (Å²) in [4.78, 5) is 11.9. The molecule has 1 saturated heterocycles. The molecule has 1 aromatic rings. The molecule has 0 aliphatic carbocycles. The van der Waals surface area contributed by atoms with Gasteiger partial charge in [0, 0.05) is 10.5 Å². The zero-order valence-corrected chi connectivity index (χ0v) is 12.7. The predicted molar refractivity (Wildman–Crippen MR) is 80.1 cm³/mol. The van der Waals surface area contributed by atoms with Gasteiger partial charge in [0.25, 0.3) is 0 Å². The lowest BCUT2D eigenvalue weighted by Crippen LogP contribution is -2.47. The van der Waals surface area contributed by atoms with Crippen LogP contribution in [0.4, 0.5) is 4.79 Å². The number of benzene rings is 1. The number of rotatable bonds is 3. The molecule has 1 aliphatic heterocycles. The summed E-state index contributed by atoms with van der Waals surface area (Å²) in [7, 11) is 0. The van der Waals surface area contributed by atoms with E-state index in [2.05, 4.69) is 31.9 Å². The van der Waals surface area contributed by atoms with Crippen LogP contribution in [0.3, 0.4) is 0 Å². The Kier molecular flexibility index (Phi) is 5.22. The highest BCUT2D eigenvalue weighted by Gasteiger charge is 2.17. The second-order valence-electron chi connectivity index (χ2n) is 4.89. The number of carbonyl (C=O) groups excluding carboxylic acids is 1. The average molecular weight is 326 g/mol. The number of piperidine rings is 1. The van der Waals surface area contributed by atoms with Gasteiger partial charge in [-0.1, -0.05) is 34.1 Å². The fourth-order valence-electron chi connectivity index (χ4n) is 2.29. The lowest BCUT2D eigenvalue weighted by molar-refractivity contribution is 0.230. The van der Waals surface area contributed by atoms with Gasteiger partial charge in [-0.25, -0.2) is 4.79 Å². The second kappa shape index (κ2) is 6.91. The minimum absolute atomic E-state index is 0.0164. The second-order valence-corrected chi connectivity index (χ2v) is 5.74. The Morgan fingerprint density at radius 3 is 2.74 bits per heavy atom. The molecule has 0 saturated carbocycles. The highest BCUT2D eigenvalue weighted by Crippen LogP contribution is 2.22. The highest BCUT2D eigenvalue weighted by molar-refractivity contribution is 9.10. The van der Waals surface area contributed by atoms with Crippen molar-refractivity contribution in [2.24, 2.45) is 0 Å². The standard InChI is InChI=1S/C14H20BrN3O/c1-10(12-4-2-3-5-13(12)15)17-14(19)18-11-6-8-16-9-7-11/h2-5,10-11,16H,6-9H2,1H3,(H2,17,18,19)/t10-/m0/s1. The van der Waals surface area contributed by atoms with Crippen LogP contribution in [0.25, 0.3) is 0 Å². The first-order valence-electron chi connectivity index (χ1n) is 6.69. The average Bonchev–Trinajstić information content (AvgIpc) is 2.40. The van der Waals surface area contributed by atoms with E-state index in [4.69, 9.17) is 0 Å². The van der Waals surface area contributed by atoms with E-state index < -0.39 is 0 Å². The quantitative estimate of drug-likeness (QED) is 0.800. The summed E-state index contributed by atoms with van der Waals surface area (Å²) in [6.07, 6.45) is 1.99. The molecule has 1 atom stereocenters. The molecule has 1 aliphatic rings. The van der Waals surface area contributed by atoms with E-state index in [0.717, 1.165) is 36.0 Å². The smallest absolute Gasteiger partial charge is 0.315 e. The summed E-state index contributed by atoms with van der Waals surface area (Å²) in [5.41, 5.74) is 1.09. The Bertz CT molecular complexity index is 432. The van der Waals surface area contributed by atoms with Crippen molar-refractivity contribution in [1.29, 1.82) is 0 Å². The van der Waals surface area contributed by atoms with Gasteiger partial charge in [-0.15, -0.1) is 0 Å². The number of nitrogens with one attached hydrogen (secondary N) is 3. The molecule has 5 heteroatoms. The normalized spacial score (nSPS) is 17.8. The van der Waals surface area contributed by atoms with E-state index in [1.54, 1.807) is 0 Å². The fraction of sp³-hybridized carbons (Fsp3) is 0.500. The first-order chi connectivity index (χ1) is 9.16.